The Kier molecular flexibility index (Phi) is 56.1. The summed E-state index contributed by atoms with van der Waals surface area (Å²) in [4.78, 5) is 0. The number of aliphatic hydroxyl groups is 3. The van der Waals surface area contributed by atoms with Crippen molar-refractivity contribution in [2.75, 3.05) is 19.8 Å². The van der Waals surface area contributed by atoms with E-state index in [-0.39, 0.29) is 36.4 Å². The molecule has 6 nitrogen and oxygen atoms in total. The normalized spacial score (nSPS) is 14.3. The Bertz CT molecular complexity index is 832. The quantitative estimate of drug-likeness (QED) is 0.0336. The lowest BCUT2D eigenvalue weighted by atomic mass is 9.88. The monoisotopic (exact) mass is 898 g/mol. The molecule has 0 heterocycles. The van der Waals surface area contributed by atoms with Crippen LogP contribution in [-0.4, -0.2) is 51.8 Å². The summed E-state index contributed by atoms with van der Waals surface area (Å²) < 4.78 is 0. The van der Waals surface area contributed by atoms with Crippen LogP contribution in [0.25, 0.3) is 0 Å². The van der Waals surface area contributed by atoms with Gasteiger partial charge in [0.1, 0.15) is 0 Å². The van der Waals surface area contributed by atoms with Gasteiger partial charge in [-0.05, 0) is 38.5 Å². The molecular weight excluding hydrogens is 775 g/mol. The standard InChI is InChI=1S/3C19H41NO/c1-3-5-7-8-9-10-11-12-13-15-17-19(20,18-21)16-14-6-4-2;1-3-5-7-9-10-11-12-13-15-17-19(20,18-21)16-14-8-6-4-2;1-3-5-7-9-10-11-13-15-17-19(20,18-21)16-14-12-8-6-4-2/h3*21H,3-18,20H2,1-2H3. The summed E-state index contributed by atoms with van der Waals surface area (Å²) in [7, 11) is 0. The lowest BCUT2D eigenvalue weighted by Crippen LogP contribution is -2.43. The van der Waals surface area contributed by atoms with Crippen LogP contribution < -0.4 is 17.2 Å². The van der Waals surface area contributed by atoms with Gasteiger partial charge in [0.15, 0.2) is 0 Å². The Hall–Kier alpha value is -0.240. The summed E-state index contributed by atoms with van der Waals surface area (Å²) >= 11 is 0. The molecule has 6 heteroatoms. The molecule has 384 valence electrons. The van der Waals surface area contributed by atoms with Crippen molar-refractivity contribution >= 4 is 0 Å². The van der Waals surface area contributed by atoms with Crippen LogP contribution in [0.1, 0.15) is 330 Å². The van der Waals surface area contributed by atoms with Crippen molar-refractivity contribution in [3.05, 3.63) is 0 Å². The maximum Gasteiger partial charge on any atom is 0.0611 e. The minimum Gasteiger partial charge on any atom is -0.394 e. The molecule has 0 fully saturated rings. The molecule has 0 aliphatic heterocycles. The molecule has 0 aromatic carbocycles. The first-order valence-corrected chi connectivity index (χ1v) is 28.7. The molecule has 3 unspecified atom stereocenters. The minimum atomic E-state index is -0.311. The van der Waals surface area contributed by atoms with Gasteiger partial charge in [-0.1, -0.05) is 292 Å². The van der Waals surface area contributed by atoms with E-state index in [2.05, 4.69) is 41.5 Å². The lowest BCUT2D eigenvalue weighted by molar-refractivity contribution is 0.171. The lowest BCUT2D eigenvalue weighted by Gasteiger charge is -2.27. The molecule has 0 radical (unpaired) electrons. The second-order valence-corrected chi connectivity index (χ2v) is 20.7. The molecule has 0 rings (SSSR count). The number of aliphatic hydroxyl groups excluding tert-OH is 3. The number of unbranched alkanes of at least 4 members (excludes halogenated alkanes) is 33. The summed E-state index contributed by atoms with van der Waals surface area (Å²) in [5.74, 6) is 0. The fourth-order valence-corrected chi connectivity index (χ4v) is 8.92. The highest BCUT2D eigenvalue weighted by Gasteiger charge is 2.24. The summed E-state index contributed by atoms with van der Waals surface area (Å²) in [6.45, 7) is 13.9. The van der Waals surface area contributed by atoms with Gasteiger partial charge in [-0.2, -0.15) is 0 Å². The summed E-state index contributed by atoms with van der Waals surface area (Å²) in [5.41, 5.74) is 18.0. The predicted octanol–water partition coefficient (Wildman–Crippen LogP) is 16.7. The first-order valence-electron chi connectivity index (χ1n) is 28.7. The molecule has 3 atom stereocenters. The van der Waals surface area contributed by atoms with E-state index in [4.69, 9.17) is 17.2 Å². The SMILES string of the molecule is CCCCCCCCCCC(N)(CO)CCCCCCC.CCCCCCCCCCCC(N)(CO)CCCCCC.CCCCCCCCCCCCC(N)(CO)CCCCC. The average Bonchev–Trinajstić information content (AvgIpc) is 3.29. The van der Waals surface area contributed by atoms with Crippen LogP contribution in [0.15, 0.2) is 0 Å². The van der Waals surface area contributed by atoms with Gasteiger partial charge in [-0.25, -0.2) is 0 Å². The van der Waals surface area contributed by atoms with Gasteiger partial charge in [-0.3, -0.25) is 0 Å². The molecule has 0 aliphatic carbocycles. The largest absolute Gasteiger partial charge is 0.394 e. The first-order chi connectivity index (χ1) is 30.5. The van der Waals surface area contributed by atoms with E-state index in [0.29, 0.717) is 0 Å². The van der Waals surface area contributed by atoms with Gasteiger partial charge in [0.25, 0.3) is 0 Å². The zero-order chi connectivity index (χ0) is 47.4. The molecule has 0 amide bonds. The van der Waals surface area contributed by atoms with Crippen LogP contribution in [0.5, 0.6) is 0 Å². The Balaban J connectivity index is -0.000000857. The van der Waals surface area contributed by atoms with Crippen molar-refractivity contribution in [1.82, 2.24) is 0 Å². The Morgan fingerprint density at radius 3 is 0.476 bits per heavy atom. The maximum atomic E-state index is 9.56. The van der Waals surface area contributed by atoms with Crippen molar-refractivity contribution in [2.45, 2.75) is 347 Å². The zero-order valence-corrected chi connectivity index (χ0v) is 44.5. The second kappa shape index (κ2) is 52.7. The minimum absolute atomic E-state index is 0.147. The molecule has 0 saturated carbocycles. The highest BCUT2D eigenvalue weighted by molar-refractivity contribution is 4.85. The van der Waals surface area contributed by atoms with Crippen LogP contribution in [-0.2, 0) is 0 Å². The van der Waals surface area contributed by atoms with Crippen molar-refractivity contribution < 1.29 is 15.3 Å². The van der Waals surface area contributed by atoms with Gasteiger partial charge in [0, 0.05) is 16.6 Å². The van der Waals surface area contributed by atoms with Gasteiger partial charge < -0.3 is 32.5 Å². The van der Waals surface area contributed by atoms with Gasteiger partial charge in [0.05, 0.1) is 19.8 Å². The molecule has 0 aliphatic rings. The molecule has 0 aromatic heterocycles. The summed E-state index contributed by atoms with van der Waals surface area (Å²) in [6.07, 6.45) is 57.2. The Morgan fingerprint density at radius 2 is 0.317 bits per heavy atom. The number of rotatable bonds is 48. The van der Waals surface area contributed by atoms with Gasteiger partial charge in [-0.15, -0.1) is 0 Å². The van der Waals surface area contributed by atoms with Crippen LogP contribution in [0.2, 0.25) is 0 Å². The number of hydrogen-bond donors (Lipinski definition) is 6. The van der Waals surface area contributed by atoms with Crippen molar-refractivity contribution in [3.8, 4) is 0 Å². The molecule has 0 aromatic rings. The van der Waals surface area contributed by atoms with Crippen molar-refractivity contribution in [3.63, 3.8) is 0 Å². The molecule has 9 N–H and O–H groups in total. The molecule has 0 spiro atoms. The van der Waals surface area contributed by atoms with Crippen LogP contribution in [0.3, 0.4) is 0 Å². The highest BCUT2D eigenvalue weighted by Crippen LogP contribution is 2.23. The van der Waals surface area contributed by atoms with Crippen molar-refractivity contribution in [1.29, 1.82) is 0 Å². The van der Waals surface area contributed by atoms with E-state index in [1.54, 1.807) is 0 Å². The van der Waals surface area contributed by atoms with E-state index in [9.17, 15) is 15.3 Å². The molecule has 0 bridgehead atoms. The molecular formula is C57H123N3O3. The average molecular weight is 899 g/mol. The van der Waals surface area contributed by atoms with E-state index in [1.165, 1.54) is 244 Å². The maximum absolute atomic E-state index is 9.56. The second-order valence-electron chi connectivity index (χ2n) is 20.7. The van der Waals surface area contributed by atoms with Crippen LogP contribution in [0.4, 0.5) is 0 Å². The predicted molar refractivity (Wildman–Crippen MR) is 284 cm³/mol. The van der Waals surface area contributed by atoms with Gasteiger partial charge >= 0.3 is 0 Å². The smallest absolute Gasteiger partial charge is 0.0611 e. The topological polar surface area (TPSA) is 139 Å². The van der Waals surface area contributed by atoms with Crippen LogP contribution in [0, 0.1) is 0 Å². The summed E-state index contributed by atoms with van der Waals surface area (Å²) in [6, 6.07) is 0. The van der Waals surface area contributed by atoms with E-state index >= 15 is 0 Å². The highest BCUT2D eigenvalue weighted by atomic mass is 16.3. The third kappa shape index (κ3) is 51.0. The fourth-order valence-electron chi connectivity index (χ4n) is 8.92. The Morgan fingerprint density at radius 1 is 0.206 bits per heavy atom. The zero-order valence-electron chi connectivity index (χ0n) is 44.5. The molecule has 0 saturated heterocycles. The van der Waals surface area contributed by atoms with E-state index < -0.39 is 0 Å². The fraction of sp³-hybridized carbons (Fsp3) is 1.00. The first kappa shape index (κ1) is 67.0. The third-order valence-corrected chi connectivity index (χ3v) is 13.9. The van der Waals surface area contributed by atoms with E-state index in [1.807, 2.05) is 0 Å². The van der Waals surface area contributed by atoms with Crippen molar-refractivity contribution in [2.24, 2.45) is 17.2 Å². The summed E-state index contributed by atoms with van der Waals surface area (Å²) in [5, 5.41) is 28.6. The number of nitrogens with two attached hydrogens (primary N) is 3. The third-order valence-electron chi connectivity index (χ3n) is 13.9. The molecule has 63 heavy (non-hydrogen) atoms. The number of hydrogen-bond acceptors (Lipinski definition) is 6. The van der Waals surface area contributed by atoms with Gasteiger partial charge in [0.2, 0.25) is 0 Å². The van der Waals surface area contributed by atoms with Crippen LogP contribution >= 0.6 is 0 Å². The van der Waals surface area contributed by atoms with E-state index in [0.717, 1.165) is 44.9 Å². The Labute approximate surface area is 398 Å².